The van der Waals surface area contributed by atoms with Crippen molar-refractivity contribution in [2.24, 2.45) is 4.36 Å². The molecule has 0 aliphatic carbocycles. The van der Waals surface area contributed by atoms with E-state index in [1.54, 1.807) is 31.4 Å². The Balaban J connectivity index is 2.87. The van der Waals surface area contributed by atoms with E-state index in [1.807, 2.05) is 6.92 Å². The molecule has 2 amide bonds. The molecule has 1 N–H and O–H groups in total. The molecule has 0 aliphatic rings. The second-order valence-electron chi connectivity index (χ2n) is 6.70. The highest BCUT2D eigenvalue weighted by molar-refractivity contribution is 8.11. The van der Waals surface area contributed by atoms with Crippen molar-refractivity contribution in [1.82, 2.24) is 9.62 Å². The largest absolute Gasteiger partial charge is 0.497 e. The Morgan fingerprint density at radius 3 is 2.43 bits per heavy atom. The van der Waals surface area contributed by atoms with Crippen LogP contribution in [0.15, 0.2) is 28.6 Å². The third-order valence-corrected chi connectivity index (χ3v) is 5.70. The molecule has 0 saturated carbocycles. The van der Waals surface area contributed by atoms with Gasteiger partial charge in [0.2, 0.25) is 5.91 Å². The summed E-state index contributed by atoms with van der Waals surface area (Å²) in [5, 5.41) is -0.411. The minimum absolute atomic E-state index is 0.0630. The first-order valence-corrected chi connectivity index (χ1v) is 11.9. The Kier molecular flexibility index (Phi) is 13.0. The van der Waals surface area contributed by atoms with Crippen molar-refractivity contribution >= 4 is 33.6 Å². The van der Waals surface area contributed by atoms with Gasteiger partial charge in [-0.3, -0.25) is 19.2 Å². The van der Waals surface area contributed by atoms with Crippen LogP contribution in [0, 0.1) is 0 Å². The van der Waals surface area contributed by atoms with Crippen LogP contribution in [0.25, 0.3) is 0 Å². The third kappa shape index (κ3) is 10.2. The SMILES string of the molecule is CCCCCC(CCN(C(=O)Cc1ccc(OC)cc1)C(=O)SNCC)N=S(=O)=O. The van der Waals surface area contributed by atoms with Crippen LogP contribution in [-0.4, -0.2) is 50.7 Å². The maximum atomic E-state index is 12.8. The number of unbranched alkanes of at least 4 members (excludes halogenated alkanes) is 2. The number of nitrogens with zero attached hydrogens (tertiary/aromatic N) is 2. The molecule has 0 aromatic heterocycles. The standard InChI is InChI=1S/C20H31N3O5S2/c1-4-6-7-8-17(22-30(26)27)13-14-23(20(25)29-21-5-2)19(24)15-16-9-11-18(28-3)12-10-16/h9-12,17,21H,4-8,13-15H2,1-3H3. The zero-order valence-corrected chi connectivity index (χ0v) is 19.4. The molecule has 0 radical (unpaired) electrons. The number of methoxy groups -OCH3 is 1. The molecule has 1 aromatic rings. The van der Waals surface area contributed by atoms with E-state index in [9.17, 15) is 18.0 Å². The summed E-state index contributed by atoms with van der Waals surface area (Å²) in [7, 11) is -0.955. The molecule has 1 rings (SSSR count). The molecule has 10 heteroatoms. The Labute approximate surface area is 184 Å². The minimum atomic E-state index is -2.52. The normalized spacial score (nSPS) is 11.6. The molecule has 0 aliphatic heterocycles. The maximum Gasteiger partial charge on any atom is 0.311 e. The van der Waals surface area contributed by atoms with Crippen molar-refractivity contribution in [3.05, 3.63) is 29.8 Å². The van der Waals surface area contributed by atoms with Crippen LogP contribution >= 0.6 is 11.9 Å². The highest BCUT2D eigenvalue weighted by Gasteiger charge is 2.23. The molecule has 0 heterocycles. The molecular weight excluding hydrogens is 426 g/mol. The quantitative estimate of drug-likeness (QED) is 0.354. The summed E-state index contributed by atoms with van der Waals surface area (Å²) in [6.07, 6.45) is 3.82. The highest BCUT2D eigenvalue weighted by atomic mass is 32.2. The molecule has 1 unspecified atom stereocenters. The van der Waals surface area contributed by atoms with Gasteiger partial charge in [-0.05, 0) is 30.5 Å². The number of benzene rings is 1. The fraction of sp³-hybridized carbons (Fsp3) is 0.600. The molecule has 1 atom stereocenters. The first-order chi connectivity index (χ1) is 14.4. The summed E-state index contributed by atoms with van der Waals surface area (Å²) < 4.78 is 33.8. The van der Waals surface area contributed by atoms with Gasteiger partial charge in [0.15, 0.2) is 0 Å². The highest BCUT2D eigenvalue weighted by Crippen LogP contribution is 2.16. The first-order valence-electron chi connectivity index (χ1n) is 10.1. The topological polar surface area (TPSA) is 105 Å². The minimum Gasteiger partial charge on any atom is -0.497 e. The number of carbonyl (C=O) groups is 2. The Morgan fingerprint density at radius 2 is 1.87 bits per heavy atom. The van der Waals surface area contributed by atoms with Gasteiger partial charge >= 0.3 is 15.7 Å². The van der Waals surface area contributed by atoms with E-state index in [4.69, 9.17) is 4.74 Å². The number of amides is 2. The van der Waals surface area contributed by atoms with Gasteiger partial charge in [-0.15, -0.1) is 0 Å². The van der Waals surface area contributed by atoms with Crippen molar-refractivity contribution in [3.8, 4) is 5.75 Å². The van der Waals surface area contributed by atoms with E-state index < -0.39 is 21.8 Å². The van der Waals surface area contributed by atoms with Crippen molar-refractivity contribution in [3.63, 3.8) is 0 Å². The van der Waals surface area contributed by atoms with Gasteiger partial charge < -0.3 is 4.74 Å². The van der Waals surface area contributed by atoms with Crippen LogP contribution in [0.5, 0.6) is 5.75 Å². The average molecular weight is 458 g/mol. The van der Waals surface area contributed by atoms with Gasteiger partial charge in [0, 0.05) is 25.0 Å². The first kappa shape index (κ1) is 26.1. The monoisotopic (exact) mass is 457 g/mol. The van der Waals surface area contributed by atoms with Gasteiger partial charge in [0.05, 0.1) is 19.6 Å². The molecule has 8 nitrogen and oxygen atoms in total. The fourth-order valence-electron chi connectivity index (χ4n) is 2.80. The summed E-state index contributed by atoms with van der Waals surface area (Å²) in [5.41, 5.74) is 0.761. The Hall–Kier alpha value is -1.91. The molecular formula is C20H31N3O5S2. The zero-order valence-electron chi connectivity index (χ0n) is 17.8. The van der Waals surface area contributed by atoms with Crippen LogP contribution in [0.4, 0.5) is 4.79 Å². The van der Waals surface area contributed by atoms with Crippen molar-refractivity contribution in [1.29, 1.82) is 0 Å². The molecule has 30 heavy (non-hydrogen) atoms. The molecule has 168 valence electrons. The maximum absolute atomic E-state index is 12.8. The van der Waals surface area contributed by atoms with Gasteiger partial charge in [0.1, 0.15) is 5.75 Å². The lowest BCUT2D eigenvalue weighted by molar-refractivity contribution is -0.127. The lowest BCUT2D eigenvalue weighted by Gasteiger charge is -2.22. The number of hydrogen-bond acceptors (Lipinski definition) is 8. The van der Waals surface area contributed by atoms with Gasteiger partial charge in [-0.1, -0.05) is 45.2 Å². The van der Waals surface area contributed by atoms with E-state index >= 15 is 0 Å². The van der Waals surface area contributed by atoms with Crippen molar-refractivity contribution in [2.75, 3.05) is 20.2 Å². The van der Waals surface area contributed by atoms with Crippen LogP contribution < -0.4 is 9.46 Å². The average Bonchev–Trinajstić information content (AvgIpc) is 2.72. The number of carbonyl (C=O) groups excluding carboxylic acids is 2. The van der Waals surface area contributed by atoms with Crippen molar-refractivity contribution < 1.29 is 22.7 Å². The molecule has 0 spiro atoms. The zero-order chi connectivity index (χ0) is 22.4. The number of imide groups is 1. The predicted molar refractivity (Wildman–Crippen MR) is 119 cm³/mol. The van der Waals surface area contributed by atoms with Crippen LogP contribution in [0.3, 0.4) is 0 Å². The number of rotatable bonds is 13. The van der Waals surface area contributed by atoms with Crippen LogP contribution in [0.1, 0.15) is 51.5 Å². The van der Waals surface area contributed by atoms with Crippen LogP contribution in [0.2, 0.25) is 0 Å². The molecule has 1 aromatic carbocycles. The summed E-state index contributed by atoms with van der Waals surface area (Å²) >= 11 is 0.860. The van der Waals surface area contributed by atoms with E-state index in [1.165, 1.54) is 4.90 Å². The van der Waals surface area contributed by atoms with Gasteiger partial charge in [-0.2, -0.15) is 12.8 Å². The van der Waals surface area contributed by atoms with Crippen molar-refractivity contribution in [2.45, 2.75) is 58.4 Å². The third-order valence-electron chi connectivity index (χ3n) is 4.40. The van der Waals surface area contributed by atoms with Gasteiger partial charge in [0.25, 0.3) is 0 Å². The molecule has 0 saturated heterocycles. The number of ether oxygens (including phenoxy) is 1. The lowest BCUT2D eigenvalue weighted by Crippen LogP contribution is -2.38. The van der Waals surface area contributed by atoms with Crippen LogP contribution in [-0.2, 0) is 21.7 Å². The Morgan fingerprint density at radius 1 is 1.17 bits per heavy atom. The lowest BCUT2D eigenvalue weighted by atomic mass is 10.1. The van der Waals surface area contributed by atoms with E-state index in [-0.39, 0.29) is 18.9 Å². The summed E-state index contributed by atoms with van der Waals surface area (Å²) in [5.74, 6) is 0.343. The summed E-state index contributed by atoms with van der Waals surface area (Å²) in [6, 6.07) is 6.63. The fourth-order valence-corrected chi connectivity index (χ4v) is 3.83. The predicted octanol–water partition coefficient (Wildman–Crippen LogP) is 3.85. The summed E-state index contributed by atoms with van der Waals surface area (Å²) in [6.45, 7) is 4.61. The smallest absolute Gasteiger partial charge is 0.311 e. The molecule has 0 bridgehead atoms. The summed E-state index contributed by atoms with van der Waals surface area (Å²) in [4.78, 5) is 26.6. The second-order valence-corrected chi connectivity index (χ2v) is 8.18. The van der Waals surface area contributed by atoms with E-state index in [0.717, 1.165) is 36.8 Å². The van der Waals surface area contributed by atoms with E-state index in [0.29, 0.717) is 25.1 Å². The molecule has 0 fully saturated rings. The van der Waals surface area contributed by atoms with Gasteiger partial charge in [-0.25, -0.2) is 0 Å². The number of hydrogen-bond donors (Lipinski definition) is 1. The number of nitrogens with one attached hydrogen (secondary N) is 1. The van der Waals surface area contributed by atoms with E-state index in [2.05, 4.69) is 16.0 Å². The Bertz CT molecular complexity index is 789. The second kappa shape index (κ2) is 15.0.